The molecule has 0 spiro atoms. The van der Waals surface area contributed by atoms with Crippen LogP contribution in [0.3, 0.4) is 0 Å². The second kappa shape index (κ2) is 12.4. The molecule has 0 atom stereocenters. The molecule has 0 saturated carbocycles. The van der Waals surface area contributed by atoms with Crippen molar-refractivity contribution >= 4 is 65.0 Å². The van der Waals surface area contributed by atoms with Gasteiger partial charge in [-0.2, -0.15) is 8.42 Å². The number of fused-ring (bicyclic) bond motifs is 1. The lowest BCUT2D eigenvalue weighted by molar-refractivity contribution is -0.133. The fourth-order valence-electron chi connectivity index (χ4n) is 4.21. The van der Waals surface area contributed by atoms with Gasteiger partial charge in [-0.05, 0) is 49.6 Å². The third-order valence-electron chi connectivity index (χ3n) is 6.21. The highest BCUT2D eigenvalue weighted by Gasteiger charge is 2.27. The second-order valence-corrected chi connectivity index (χ2v) is 13.3. The lowest BCUT2D eigenvalue weighted by atomic mass is 9.96. The molecule has 0 bridgehead atoms. The van der Waals surface area contributed by atoms with Crippen molar-refractivity contribution in [3.8, 4) is 11.3 Å². The Morgan fingerprint density at radius 2 is 1.73 bits per heavy atom. The van der Waals surface area contributed by atoms with E-state index in [9.17, 15) is 18.0 Å². The monoisotopic (exact) mass is 601 g/mol. The summed E-state index contributed by atoms with van der Waals surface area (Å²) in [4.78, 5) is 39.7. The predicted octanol–water partition coefficient (Wildman–Crippen LogP) is 4.79. The molecule has 10 nitrogen and oxygen atoms in total. The van der Waals surface area contributed by atoms with E-state index < -0.39 is 10.1 Å². The van der Waals surface area contributed by atoms with Gasteiger partial charge in [0.2, 0.25) is 5.91 Å². The number of hydrogen-bond donors (Lipinski definition) is 2. The Labute approximate surface area is 241 Å². The summed E-state index contributed by atoms with van der Waals surface area (Å²) in [5.74, 6) is 0.174. The Hall–Kier alpha value is -3.39. The van der Waals surface area contributed by atoms with Crippen molar-refractivity contribution in [1.82, 2.24) is 14.9 Å². The quantitative estimate of drug-likeness (QED) is 0.312. The number of anilines is 2. The molecule has 2 N–H and O–H groups in total. The smallest absolute Gasteiger partial charge is 0.265 e. The topological polar surface area (TPSA) is 133 Å². The molecule has 1 aliphatic heterocycles. The van der Waals surface area contributed by atoms with Crippen molar-refractivity contribution in [1.29, 1.82) is 0 Å². The molecule has 1 saturated heterocycles. The molecular weight excluding hydrogens is 571 g/mol. The van der Waals surface area contributed by atoms with Gasteiger partial charge in [0.15, 0.2) is 5.13 Å². The van der Waals surface area contributed by atoms with Gasteiger partial charge in [-0.15, -0.1) is 11.3 Å². The number of aryl methyl sites for hydroxylation is 1. The van der Waals surface area contributed by atoms with Gasteiger partial charge < -0.3 is 15.1 Å². The van der Waals surface area contributed by atoms with Gasteiger partial charge in [0.25, 0.3) is 16.0 Å². The van der Waals surface area contributed by atoms with E-state index in [4.69, 9.17) is 9.54 Å². The van der Waals surface area contributed by atoms with Crippen LogP contribution in [0, 0.1) is 12.8 Å². The lowest BCUT2D eigenvalue weighted by Gasteiger charge is -2.32. The predicted molar refractivity (Wildman–Crippen MR) is 161 cm³/mol. The van der Waals surface area contributed by atoms with Crippen LogP contribution in [0.4, 0.5) is 10.8 Å². The Morgan fingerprint density at radius 1 is 1.07 bits per heavy atom. The first-order valence-corrected chi connectivity index (χ1v) is 16.0. The first-order valence-electron chi connectivity index (χ1n) is 12.5. The van der Waals surface area contributed by atoms with Gasteiger partial charge in [-0.1, -0.05) is 29.5 Å². The molecule has 0 radical (unpaired) electrons. The number of amides is 2. The second-order valence-electron chi connectivity index (χ2n) is 9.76. The van der Waals surface area contributed by atoms with Gasteiger partial charge in [-0.25, -0.2) is 4.98 Å². The molecular formula is C27H31N5O5S3. The third kappa shape index (κ3) is 7.84. The maximum absolute atomic E-state index is 12.8. The first-order chi connectivity index (χ1) is 18.9. The number of hydrogen-bond acceptors (Lipinski definition) is 9. The Bertz CT molecular complexity index is 1550. The summed E-state index contributed by atoms with van der Waals surface area (Å²) < 4.78 is 26.9. The number of benzene rings is 1. The molecule has 0 aliphatic carbocycles. The fraction of sp³-hybridized carbons (Fsp3) is 0.333. The minimum atomic E-state index is -3.67. The number of thiazole rings is 1. The molecule has 1 aliphatic rings. The van der Waals surface area contributed by atoms with Crippen LogP contribution < -0.4 is 10.2 Å². The lowest BCUT2D eigenvalue weighted by Crippen LogP contribution is -2.40. The van der Waals surface area contributed by atoms with Crippen molar-refractivity contribution in [3.05, 3.63) is 59.1 Å². The van der Waals surface area contributed by atoms with Gasteiger partial charge >= 0.3 is 0 Å². The maximum atomic E-state index is 12.8. The Kier molecular flexibility index (Phi) is 9.19. The van der Waals surface area contributed by atoms with E-state index in [0.717, 1.165) is 63.1 Å². The van der Waals surface area contributed by atoms with Crippen molar-refractivity contribution in [2.24, 2.45) is 5.92 Å². The van der Waals surface area contributed by atoms with Gasteiger partial charge in [0, 0.05) is 50.6 Å². The Balaban J connectivity index is 0.000000681. The number of piperidine rings is 1. The summed E-state index contributed by atoms with van der Waals surface area (Å²) >= 11 is 3.02. The van der Waals surface area contributed by atoms with Gasteiger partial charge in [0.05, 0.1) is 21.5 Å². The van der Waals surface area contributed by atoms with E-state index in [0.29, 0.717) is 11.1 Å². The number of nitrogens with one attached hydrogen (secondary N) is 1. The van der Waals surface area contributed by atoms with E-state index in [1.54, 1.807) is 16.2 Å². The van der Waals surface area contributed by atoms with E-state index in [1.165, 1.54) is 11.3 Å². The molecule has 4 heterocycles. The Morgan fingerprint density at radius 3 is 2.27 bits per heavy atom. The van der Waals surface area contributed by atoms with Crippen LogP contribution in [0.1, 0.15) is 28.1 Å². The number of nitrogens with zero attached hydrogens (tertiary/aromatic N) is 4. The highest BCUT2D eigenvalue weighted by Crippen LogP contribution is 2.36. The summed E-state index contributed by atoms with van der Waals surface area (Å²) in [6.07, 6.45) is 4.25. The fourth-order valence-corrected chi connectivity index (χ4v) is 6.37. The average Bonchev–Trinajstić information content (AvgIpc) is 3.48. The molecule has 40 heavy (non-hydrogen) atoms. The van der Waals surface area contributed by atoms with Gasteiger partial charge in [-0.3, -0.25) is 19.1 Å². The van der Waals surface area contributed by atoms with E-state index in [2.05, 4.69) is 15.2 Å². The van der Waals surface area contributed by atoms with Crippen LogP contribution in [0.25, 0.3) is 20.8 Å². The summed E-state index contributed by atoms with van der Waals surface area (Å²) in [5.41, 5.74) is 3.77. The molecule has 1 fully saturated rings. The van der Waals surface area contributed by atoms with Crippen molar-refractivity contribution in [2.75, 3.05) is 43.7 Å². The molecule has 5 rings (SSSR count). The van der Waals surface area contributed by atoms with Crippen LogP contribution in [0.5, 0.6) is 0 Å². The molecule has 2 amide bonds. The zero-order chi connectivity index (χ0) is 29.0. The normalized spacial score (nSPS) is 14.0. The van der Waals surface area contributed by atoms with E-state index >= 15 is 0 Å². The standard InChI is InChI=1S/C26H27N5O2S2.CH4O3S/c1-16-4-9-20(27-15-16)17-5-7-19(8-6-17)28-23(32)21-14-22-24(34-21)29-26(35-22)31-12-10-18(11-13-31)25(33)30(2)3;1-5(2,3)4/h4-9,14-15,18H,10-13H2,1-3H3,(H,28,32);1H3,(H,2,3,4). The largest absolute Gasteiger partial charge is 0.349 e. The summed E-state index contributed by atoms with van der Waals surface area (Å²) in [7, 11) is -0.0371. The van der Waals surface area contributed by atoms with Crippen LogP contribution in [0.2, 0.25) is 0 Å². The van der Waals surface area contributed by atoms with E-state index in [-0.39, 0.29) is 17.7 Å². The highest BCUT2D eigenvalue weighted by molar-refractivity contribution is 7.85. The highest BCUT2D eigenvalue weighted by atomic mass is 32.2. The molecule has 4 aromatic rings. The molecule has 212 valence electrons. The maximum Gasteiger partial charge on any atom is 0.265 e. The number of aromatic nitrogens is 2. The summed E-state index contributed by atoms with van der Waals surface area (Å²) in [6, 6.07) is 13.7. The third-order valence-corrected chi connectivity index (χ3v) is 8.43. The number of rotatable bonds is 5. The zero-order valence-electron chi connectivity index (χ0n) is 22.6. The number of carbonyl (C=O) groups excluding carboxylic acids is 2. The first kappa shape index (κ1) is 29.6. The molecule has 3 aromatic heterocycles. The molecule has 0 unspecified atom stereocenters. The van der Waals surface area contributed by atoms with E-state index in [1.807, 2.05) is 69.7 Å². The molecule has 13 heteroatoms. The summed E-state index contributed by atoms with van der Waals surface area (Å²) in [5, 5.41) is 3.95. The number of thiophene rings is 1. The minimum absolute atomic E-state index is 0.0971. The van der Waals surface area contributed by atoms with Crippen molar-refractivity contribution in [3.63, 3.8) is 0 Å². The average molecular weight is 602 g/mol. The van der Waals surface area contributed by atoms with Crippen LogP contribution >= 0.6 is 22.7 Å². The molecule has 1 aromatic carbocycles. The number of pyridine rings is 1. The zero-order valence-corrected chi connectivity index (χ0v) is 25.1. The van der Waals surface area contributed by atoms with Gasteiger partial charge in [0.1, 0.15) is 4.83 Å². The van der Waals surface area contributed by atoms with Crippen molar-refractivity contribution in [2.45, 2.75) is 19.8 Å². The SMILES string of the molecule is CS(=O)(=O)O.Cc1ccc(-c2ccc(NC(=O)c3cc4sc(N5CCC(C(=O)N(C)C)CC5)nc4s3)cc2)nc1. The van der Waals surface area contributed by atoms with Crippen LogP contribution in [0.15, 0.2) is 48.7 Å². The van der Waals surface area contributed by atoms with Crippen molar-refractivity contribution < 1.29 is 22.6 Å². The van der Waals surface area contributed by atoms with Crippen LogP contribution in [-0.4, -0.2) is 73.1 Å². The number of carbonyl (C=O) groups is 2. The van der Waals surface area contributed by atoms with Crippen LogP contribution in [-0.2, 0) is 14.9 Å². The minimum Gasteiger partial charge on any atom is -0.349 e. The summed E-state index contributed by atoms with van der Waals surface area (Å²) in [6.45, 7) is 3.66.